The normalized spacial score (nSPS) is 12.1. The van der Waals surface area contributed by atoms with Crippen molar-refractivity contribution >= 4 is 6.03 Å². The van der Waals surface area contributed by atoms with Crippen molar-refractivity contribution in [1.82, 2.24) is 14.9 Å². The number of benzene rings is 1. The average molecular weight is 229 g/mol. The molecule has 1 unspecified atom stereocenters. The van der Waals surface area contributed by atoms with E-state index < -0.39 is 0 Å². The smallest absolute Gasteiger partial charge is 0.326 e. The summed E-state index contributed by atoms with van der Waals surface area (Å²) in [5.74, 6) is 0.295. The Labute approximate surface area is 100 Å². The monoisotopic (exact) mass is 229 g/mol. The van der Waals surface area contributed by atoms with Gasteiger partial charge in [-0.25, -0.2) is 9.78 Å². The molecule has 17 heavy (non-hydrogen) atoms. The molecule has 1 heterocycles. The van der Waals surface area contributed by atoms with E-state index >= 15 is 0 Å². The minimum absolute atomic E-state index is 0.148. The highest BCUT2D eigenvalue weighted by molar-refractivity contribution is 5.76. The van der Waals surface area contributed by atoms with Gasteiger partial charge in [0.25, 0.3) is 0 Å². The standard InChI is InChI=1S/C13H15N3O/c1-11(12-5-3-2-4-6-12)9-15-13(17)16-8-7-14-10-16/h2-8,10-11H,9H2,1H3,(H,15,17). The number of carbonyl (C=O) groups excluding carboxylic acids is 1. The van der Waals surface area contributed by atoms with Crippen LogP contribution in [-0.2, 0) is 0 Å². The molecule has 2 rings (SSSR count). The number of carbonyl (C=O) groups is 1. The predicted octanol–water partition coefficient (Wildman–Crippen LogP) is 2.24. The van der Waals surface area contributed by atoms with Crippen LogP contribution in [0.4, 0.5) is 4.79 Å². The van der Waals surface area contributed by atoms with Crippen LogP contribution < -0.4 is 5.32 Å². The van der Waals surface area contributed by atoms with Crippen LogP contribution in [0.15, 0.2) is 49.1 Å². The third-order valence-electron chi connectivity index (χ3n) is 2.67. The first-order valence-corrected chi connectivity index (χ1v) is 5.58. The van der Waals surface area contributed by atoms with E-state index in [0.717, 1.165) is 0 Å². The maximum atomic E-state index is 11.7. The SMILES string of the molecule is CC(CNC(=O)n1ccnc1)c1ccccc1. The third kappa shape index (κ3) is 2.93. The Bertz CT molecular complexity index is 465. The van der Waals surface area contributed by atoms with Crippen LogP contribution in [0.1, 0.15) is 18.4 Å². The zero-order valence-electron chi connectivity index (χ0n) is 9.71. The van der Waals surface area contributed by atoms with Gasteiger partial charge in [0, 0.05) is 18.9 Å². The van der Waals surface area contributed by atoms with Crippen LogP contribution >= 0.6 is 0 Å². The summed E-state index contributed by atoms with van der Waals surface area (Å²) >= 11 is 0. The van der Waals surface area contributed by atoms with Crippen LogP contribution in [0.3, 0.4) is 0 Å². The molecule has 0 bridgehead atoms. The summed E-state index contributed by atoms with van der Waals surface area (Å²) in [4.78, 5) is 15.5. The summed E-state index contributed by atoms with van der Waals surface area (Å²) in [6, 6.07) is 9.97. The lowest BCUT2D eigenvalue weighted by Gasteiger charge is -2.12. The Balaban J connectivity index is 1.89. The van der Waals surface area contributed by atoms with Crippen LogP contribution in [-0.4, -0.2) is 22.1 Å². The quantitative estimate of drug-likeness (QED) is 0.877. The topological polar surface area (TPSA) is 46.9 Å². The molecule has 1 atom stereocenters. The largest absolute Gasteiger partial charge is 0.337 e. The van der Waals surface area contributed by atoms with Gasteiger partial charge in [-0.2, -0.15) is 0 Å². The van der Waals surface area contributed by atoms with Crippen molar-refractivity contribution in [3.8, 4) is 0 Å². The van der Waals surface area contributed by atoms with Crippen molar-refractivity contribution in [1.29, 1.82) is 0 Å². The van der Waals surface area contributed by atoms with Gasteiger partial charge >= 0.3 is 6.03 Å². The van der Waals surface area contributed by atoms with E-state index in [1.54, 1.807) is 12.4 Å². The van der Waals surface area contributed by atoms with Gasteiger partial charge in [0.1, 0.15) is 6.33 Å². The second-order valence-corrected chi connectivity index (χ2v) is 3.97. The molecule has 2 aromatic rings. The number of nitrogens with one attached hydrogen (secondary N) is 1. The molecular weight excluding hydrogens is 214 g/mol. The molecular formula is C13H15N3O. The number of amides is 1. The molecule has 0 saturated carbocycles. The highest BCUT2D eigenvalue weighted by Gasteiger charge is 2.07. The summed E-state index contributed by atoms with van der Waals surface area (Å²) in [5.41, 5.74) is 1.22. The molecule has 0 spiro atoms. The first-order valence-electron chi connectivity index (χ1n) is 5.58. The number of nitrogens with zero attached hydrogens (tertiary/aromatic N) is 2. The fourth-order valence-electron chi connectivity index (χ4n) is 1.61. The van der Waals surface area contributed by atoms with E-state index in [2.05, 4.69) is 29.4 Å². The van der Waals surface area contributed by atoms with Gasteiger partial charge in [-0.15, -0.1) is 0 Å². The van der Waals surface area contributed by atoms with E-state index in [1.807, 2.05) is 18.2 Å². The maximum Gasteiger partial charge on any atom is 0.326 e. The molecule has 4 heteroatoms. The Morgan fingerprint density at radius 1 is 1.41 bits per heavy atom. The molecule has 1 amide bonds. The Morgan fingerprint density at radius 3 is 2.82 bits per heavy atom. The van der Waals surface area contributed by atoms with E-state index in [-0.39, 0.29) is 6.03 Å². The number of rotatable bonds is 3. The van der Waals surface area contributed by atoms with Gasteiger partial charge in [-0.3, -0.25) is 4.57 Å². The first-order chi connectivity index (χ1) is 8.27. The van der Waals surface area contributed by atoms with Crippen LogP contribution in [0.25, 0.3) is 0 Å². The molecule has 0 saturated heterocycles. The fourth-order valence-corrected chi connectivity index (χ4v) is 1.61. The summed E-state index contributed by atoms with van der Waals surface area (Å²) in [6.07, 6.45) is 4.70. The molecule has 1 aromatic heterocycles. The molecule has 88 valence electrons. The van der Waals surface area contributed by atoms with Gasteiger partial charge in [0.2, 0.25) is 0 Å². The molecule has 0 radical (unpaired) electrons. The molecule has 0 aliphatic heterocycles. The average Bonchev–Trinajstić information content (AvgIpc) is 2.90. The van der Waals surface area contributed by atoms with Crippen LogP contribution in [0.2, 0.25) is 0 Å². The van der Waals surface area contributed by atoms with Gasteiger partial charge in [-0.05, 0) is 11.5 Å². The van der Waals surface area contributed by atoms with Gasteiger partial charge in [0.05, 0.1) is 0 Å². The second-order valence-electron chi connectivity index (χ2n) is 3.97. The number of hydrogen-bond acceptors (Lipinski definition) is 2. The summed E-state index contributed by atoms with van der Waals surface area (Å²) < 4.78 is 1.43. The van der Waals surface area contributed by atoms with Gasteiger partial charge < -0.3 is 5.32 Å². The van der Waals surface area contributed by atoms with Crippen molar-refractivity contribution in [2.45, 2.75) is 12.8 Å². The first kappa shape index (κ1) is 11.4. The number of hydrogen-bond donors (Lipinski definition) is 1. The van der Waals surface area contributed by atoms with Crippen molar-refractivity contribution < 1.29 is 4.79 Å². The van der Waals surface area contributed by atoms with E-state index in [4.69, 9.17) is 0 Å². The highest BCUT2D eigenvalue weighted by atomic mass is 16.2. The molecule has 0 aliphatic rings. The van der Waals surface area contributed by atoms with Crippen LogP contribution in [0.5, 0.6) is 0 Å². The predicted molar refractivity (Wildman–Crippen MR) is 65.9 cm³/mol. The summed E-state index contributed by atoms with van der Waals surface area (Å²) in [7, 11) is 0. The minimum Gasteiger partial charge on any atom is -0.337 e. The number of aromatic nitrogens is 2. The summed E-state index contributed by atoms with van der Waals surface area (Å²) in [6.45, 7) is 2.70. The zero-order valence-corrected chi connectivity index (χ0v) is 9.71. The Hall–Kier alpha value is -2.10. The third-order valence-corrected chi connectivity index (χ3v) is 2.67. The molecule has 1 aromatic carbocycles. The van der Waals surface area contributed by atoms with E-state index in [9.17, 15) is 4.79 Å². The molecule has 1 N–H and O–H groups in total. The van der Waals surface area contributed by atoms with E-state index in [1.165, 1.54) is 16.5 Å². The maximum absolute atomic E-state index is 11.7. The minimum atomic E-state index is -0.148. The Kier molecular flexibility index (Phi) is 3.55. The lowest BCUT2D eigenvalue weighted by atomic mass is 10.0. The number of imidazole rings is 1. The Morgan fingerprint density at radius 2 is 2.18 bits per heavy atom. The molecule has 0 aliphatic carbocycles. The van der Waals surface area contributed by atoms with Crippen molar-refractivity contribution in [2.75, 3.05) is 6.54 Å². The molecule has 4 nitrogen and oxygen atoms in total. The van der Waals surface area contributed by atoms with Gasteiger partial charge in [0.15, 0.2) is 0 Å². The highest BCUT2D eigenvalue weighted by Crippen LogP contribution is 2.12. The summed E-state index contributed by atoms with van der Waals surface area (Å²) in [5, 5.41) is 2.87. The van der Waals surface area contributed by atoms with Crippen molar-refractivity contribution in [3.63, 3.8) is 0 Å². The lowest BCUT2D eigenvalue weighted by molar-refractivity contribution is 0.242. The second kappa shape index (κ2) is 5.30. The fraction of sp³-hybridized carbons (Fsp3) is 0.231. The van der Waals surface area contributed by atoms with Gasteiger partial charge in [-0.1, -0.05) is 37.3 Å². The lowest BCUT2D eigenvalue weighted by Crippen LogP contribution is -2.30. The van der Waals surface area contributed by atoms with Crippen LogP contribution in [0, 0.1) is 0 Å². The molecule has 0 fully saturated rings. The van der Waals surface area contributed by atoms with Crippen molar-refractivity contribution in [2.24, 2.45) is 0 Å². The van der Waals surface area contributed by atoms with E-state index in [0.29, 0.717) is 12.5 Å². The van der Waals surface area contributed by atoms with Crippen molar-refractivity contribution in [3.05, 3.63) is 54.6 Å². The zero-order chi connectivity index (χ0) is 12.1.